The maximum Gasteiger partial charge on any atom is 0.0614 e. The van der Waals surface area contributed by atoms with Crippen LogP contribution in [0.1, 0.15) is 28.3 Å². The first-order valence-electron chi connectivity index (χ1n) is 7.64. The molecular formula is C19H20N2. The van der Waals surface area contributed by atoms with Crippen LogP contribution >= 0.6 is 0 Å². The second-order valence-corrected chi connectivity index (χ2v) is 5.93. The van der Waals surface area contributed by atoms with E-state index < -0.39 is 0 Å². The maximum atomic E-state index is 3.38. The molecule has 2 aromatic carbocycles. The zero-order valence-corrected chi connectivity index (χ0v) is 12.3. The summed E-state index contributed by atoms with van der Waals surface area (Å²) < 4.78 is 0. The van der Waals surface area contributed by atoms with Gasteiger partial charge in [0.05, 0.1) is 6.04 Å². The number of benzene rings is 2. The van der Waals surface area contributed by atoms with Crippen LogP contribution in [0.2, 0.25) is 0 Å². The van der Waals surface area contributed by atoms with E-state index in [4.69, 9.17) is 0 Å². The summed E-state index contributed by atoms with van der Waals surface area (Å²) in [6.07, 6.45) is 4.51. The van der Waals surface area contributed by atoms with E-state index in [9.17, 15) is 0 Å². The highest BCUT2D eigenvalue weighted by Crippen LogP contribution is 2.38. The van der Waals surface area contributed by atoms with Crippen LogP contribution in [-0.2, 0) is 0 Å². The molecule has 0 bridgehead atoms. The lowest BCUT2D eigenvalue weighted by Crippen LogP contribution is -2.58. The lowest BCUT2D eigenvalue weighted by Gasteiger charge is -2.45. The van der Waals surface area contributed by atoms with E-state index in [1.807, 2.05) is 0 Å². The zero-order chi connectivity index (χ0) is 14.2. The molecule has 0 aromatic heterocycles. The molecule has 0 atom stereocenters. The Hall–Kier alpha value is -1.90. The summed E-state index contributed by atoms with van der Waals surface area (Å²) in [5, 5.41) is 3.38. The fourth-order valence-electron chi connectivity index (χ4n) is 3.47. The molecule has 4 rings (SSSR count). The highest BCUT2D eigenvalue weighted by molar-refractivity contribution is 5.76. The third-order valence-corrected chi connectivity index (χ3v) is 4.71. The highest BCUT2D eigenvalue weighted by Gasteiger charge is 2.35. The van der Waals surface area contributed by atoms with Gasteiger partial charge in [-0.25, -0.2) is 0 Å². The monoisotopic (exact) mass is 276 g/mol. The summed E-state index contributed by atoms with van der Waals surface area (Å²) in [6, 6.07) is 18.6. The number of nitrogens with one attached hydrogen (secondary N) is 1. The normalized spacial score (nSPS) is 18.7. The molecule has 0 saturated carbocycles. The predicted octanol–water partition coefficient (Wildman–Crippen LogP) is 3.16. The van der Waals surface area contributed by atoms with Gasteiger partial charge in [-0.05, 0) is 29.3 Å². The molecule has 1 saturated heterocycles. The lowest BCUT2D eigenvalue weighted by molar-refractivity contribution is 0.0975. The minimum absolute atomic E-state index is 0.372. The maximum absolute atomic E-state index is 3.38. The standard InChI is InChI=1S/C19H20N2/c1-20-16-12-21(13-16)19-17-8-4-2-6-14(17)10-11-15-7-3-5-9-18(15)19/h2-11,16,19-20H,12-13H2,1H3. The van der Waals surface area contributed by atoms with Gasteiger partial charge < -0.3 is 5.32 Å². The Balaban J connectivity index is 1.82. The summed E-state index contributed by atoms with van der Waals surface area (Å²) in [5.74, 6) is 0. The van der Waals surface area contributed by atoms with E-state index in [1.54, 1.807) is 0 Å². The van der Waals surface area contributed by atoms with E-state index in [-0.39, 0.29) is 0 Å². The molecule has 0 radical (unpaired) electrons. The van der Waals surface area contributed by atoms with Crippen molar-refractivity contribution in [2.24, 2.45) is 0 Å². The number of likely N-dealkylation sites (tertiary alicyclic amines) is 1. The molecule has 21 heavy (non-hydrogen) atoms. The van der Waals surface area contributed by atoms with Gasteiger partial charge >= 0.3 is 0 Å². The molecule has 1 aliphatic heterocycles. The van der Waals surface area contributed by atoms with Crippen molar-refractivity contribution in [1.29, 1.82) is 0 Å². The van der Waals surface area contributed by atoms with Crippen molar-refractivity contribution in [3.63, 3.8) is 0 Å². The molecule has 2 aromatic rings. The second kappa shape index (κ2) is 5.14. The molecular weight excluding hydrogens is 256 g/mol. The van der Waals surface area contributed by atoms with Crippen molar-refractivity contribution < 1.29 is 0 Å². The highest BCUT2D eigenvalue weighted by atomic mass is 15.3. The van der Waals surface area contributed by atoms with E-state index >= 15 is 0 Å². The Morgan fingerprint density at radius 2 is 1.38 bits per heavy atom. The van der Waals surface area contributed by atoms with Gasteiger partial charge in [-0.3, -0.25) is 4.90 Å². The Kier molecular flexibility index (Phi) is 3.13. The van der Waals surface area contributed by atoms with Gasteiger partial charge in [0.15, 0.2) is 0 Å². The number of hydrogen-bond acceptors (Lipinski definition) is 2. The SMILES string of the molecule is CNC1CN(C2c3ccccc3C=Cc3ccccc32)C1. The van der Waals surface area contributed by atoms with Crippen LogP contribution in [0.5, 0.6) is 0 Å². The van der Waals surface area contributed by atoms with Crippen LogP contribution in [0.25, 0.3) is 12.2 Å². The van der Waals surface area contributed by atoms with Gasteiger partial charge in [-0.15, -0.1) is 0 Å². The van der Waals surface area contributed by atoms with E-state index in [0.717, 1.165) is 13.1 Å². The number of nitrogens with zero attached hydrogens (tertiary/aromatic N) is 1. The fraction of sp³-hybridized carbons (Fsp3) is 0.263. The zero-order valence-electron chi connectivity index (χ0n) is 12.3. The average molecular weight is 276 g/mol. The predicted molar refractivity (Wildman–Crippen MR) is 88.1 cm³/mol. The van der Waals surface area contributed by atoms with Crippen molar-refractivity contribution in [2.75, 3.05) is 20.1 Å². The first-order chi connectivity index (χ1) is 10.4. The molecule has 2 heteroatoms. The third-order valence-electron chi connectivity index (χ3n) is 4.71. The molecule has 2 aliphatic rings. The van der Waals surface area contributed by atoms with Crippen LogP contribution in [0.15, 0.2) is 48.5 Å². The molecule has 1 fully saturated rings. The average Bonchev–Trinajstić information content (AvgIpc) is 2.64. The van der Waals surface area contributed by atoms with Crippen molar-refractivity contribution in [2.45, 2.75) is 12.1 Å². The molecule has 0 unspecified atom stereocenters. The summed E-state index contributed by atoms with van der Waals surface area (Å²) in [7, 11) is 2.05. The number of rotatable bonds is 2. The second-order valence-electron chi connectivity index (χ2n) is 5.93. The van der Waals surface area contributed by atoms with Crippen molar-refractivity contribution in [3.05, 3.63) is 70.8 Å². The summed E-state index contributed by atoms with van der Waals surface area (Å²) in [6.45, 7) is 2.23. The number of likely N-dealkylation sites (N-methyl/N-ethyl adjacent to an activating group) is 1. The van der Waals surface area contributed by atoms with Crippen LogP contribution in [0.4, 0.5) is 0 Å². The van der Waals surface area contributed by atoms with Crippen LogP contribution in [0, 0.1) is 0 Å². The van der Waals surface area contributed by atoms with Crippen LogP contribution < -0.4 is 5.32 Å². The molecule has 1 N–H and O–H groups in total. The fourth-order valence-corrected chi connectivity index (χ4v) is 3.47. The number of fused-ring (bicyclic) bond motifs is 2. The summed E-state index contributed by atoms with van der Waals surface area (Å²) in [5.41, 5.74) is 5.53. The summed E-state index contributed by atoms with van der Waals surface area (Å²) >= 11 is 0. The Morgan fingerprint density at radius 1 is 0.857 bits per heavy atom. The van der Waals surface area contributed by atoms with Gasteiger partial charge in [0, 0.05) is 19.1 Å². The third kappa shape index (κ3) is 2.11. The van der Waals surface area contributed by atoms with Gasteiger partial charge in [0.2, 0.25) is 0 Å². The minimum Gasteiger partial charge on any atom is -0.315 e. The Bertz CT molecular complexity index is 634. The van der Waals surface area contributed by atoms with Crippen LogP contribution in [-0.4, -0.2) is 31.1 Å². The largest absolute Gasteiger partial charge is 0.315 e. The van der Waals surface area contributed by atoms with E-state index in [1.165, 1.54) is 22.3 Å². The lowest BCUT2D eigenvalue weighted by atomic mass is 9.90. The van der Waals surface area contributed by atoms with Crippen LogP contribution in [0.3, 0.4) is 0 Å². The minimum atomic E-state index is 0.372. The molecule has 1 heterocycles. The first kappa shape index (κ1) is 12.8. The molecule has 106 valence electrons. The number of hydrogen-bond donors (Lipinski definition) is 1. The van der Waals surface area contributed by atoms with E-state index in [0.29, 0.717) is 12.1 Å². The molecule has 0 spiro atoms. The quantitative estimate of drug-likeness (QED) is 0.906. The van der Waals surface area contributed by atoms with E-state index in [2.05, 4.69) is 77.9 Å². The molecule has 0 amide bonds. The van der Waals surface area contributed by atoms with Gasteiger partial charge in [-0.1, -0.05) is 60.7 Å². The van der Waals surface area contributed by atoms with Gasteiger partial charge in [0.25, 0.3) is 0 Å². The topological polar surface area (TPSA) is 15.3 Å². The molecule has 1 aliphatic carbocycles. The summed E-state index contributed by atoms with van der Waals surface area (Å²) in [4.78, 5) is 2.58. The van der Waals surface area contributed by atoms with Crippen molar-refractivity contribution in [3.8, 4) is 0 Å². The Morgan fingerprint density at radius 3 is 1.90 bits per heavy atom. The van der Waals surface area contributed by atoms with Gasteiger partial charge in [-0.2, -0.15) is 0 Å². The first-order valence-corrected chi connectivity index (χ1v) is 7.64. The smallest absolute Gasteiger partial charge is 0.0614 e. The Labute approximate surface area is 126 Å². The van der Waals surface area contributed by atoms with Crippen molar-refractivity contribution >= 4 is 12.2 Å². The van der Waals surface area contributed by atoms with Crippen molar-refractivity contribution in [1.82, 2.24) is 10.2 Å². The molecule has 2 nitrogen and oxygen atoms in total. The van der Waals surface area contributed by atoms with Gasteiger partial charge in [0.1, 0.15) is 0 Å².